The molecule has 42 heavy (non-hydrogen) atoms. The highest BCUT2D eigenvalue weighted by Gasteiger charge is 2.50. The van der Waals surface area contributed by atoms with Gasteiger partial charge in [0, 0.05) is 18.0 Å². The van der Waals surface area contributed by atoms with Gasteiger partial charge in [-0.3, -0.25) is 9.69 Å². The van der Waals surface area contributed by atoms with Crippen LogP contribution >= 0.6 is 0 Å². The molecule has 2 aliphatic heterocycles. The van der Waals surface area contributed by atoms with Crippen LogP contribution in [-0.4, -0.2) is 84.9 Å². The Bertz CT molecular complexity index is 1180. The molecule has 2 fully saturated rings. The molecule has 3 amide bonds. The maximum atomic E-state index is 14.1. The van der Waals surface area contributed by atoms with Gasteiger partial charge in [0.05, 0.1) is 24.2 Å². The van der Waals surface area contributed by atoms with Gasteiger partial charge in [0.15, 0.2) is 8.32 Å². The molecule has 1 aromatic rings. The number of amides is 3. The lowest BCUT2D eigenvalue weighted by atomic mass is 9.89. The number of hydrogen-bond acceptors (Lipinski definition) is 8. The number of cyclic esters (lactones) is 1. The molecule has 12 nitrogen and oxygen atoms in total. The van der Waals surface area contributed by atoms with Crippen molar-refractivity contribution in [1.82, 2.24) is 9.80 Å². The Labute approximate surface area is 249 Å². The zero-order valence-electron chi connectivity index (χ0n) is 25.9. The van der Waals surface area contributed by atoms with Crippen molar-refractivity contribution in [1.29, 1.82) is 0 Å². The highest BCUT2D eigenvalue weighted by Crippen LogP contribution is 2.40. The largest absolute Gasteiger partial charge is 0.446 e. The van der Waals surface area contributed by atoms with Crippen molar-refractivity contribution in [3.63, 3.8) is 0 Å². The molecule has 5 atom stereocenters. The molecule has 0 spiro atoms. The van der Waals surface area contributed by atoms with Gasteiger partial charge in [-0.25, -0.2) is 14.5 Å². The molecule has 3 rings (SSSR count). The lowest BCUT2D eigenvalue weighted by Gasteiger charge is -2.38. The number of benzene rings is 1. The maximum absolute atomic E-state index is 14.1. The third-order valence-electron chi connectivity index (χ3n) is 8.22. The zero-order chi connectivity index (χ0) is 31.5. The average molecular weight is 604 g/mol. The molecular formula is C29H45N5O7Si. The van der Waals surface area contributed by atoms with E-state index in [0.29, 0.717) is 5.56 Å². The van der Waals surface area contributed by atoms with Gasteiger partial charge in [0.2, 0.25) is 5.91 Å². The highest BCUT2D eigenvalue weighted by molar-refractivity contribution is 6.74. The second-order valence-electron chi connectivity index (χ2n) is 13.5. The minimum Gasteiger partial charge on any atom is -0.446 e. The summed E-state index contributed by atoms with van der Waals surface area (Å²) < 4.78 is 17.6. The van der Waals surface area contributed by atoms with E-state index in [4.69, 9.17) is 19.4 Å². The van der Waals surface area contributed by atoms with E-state index in [9.17, 15) is 19.5 Å². The van der Waals surface area contributed by atoms with E-state index in [-0.39, 0.29) is 43.7 Å². The van der Waals surface area contributed by atoms with Crippen molar-refractivity contribution in [3.8, 4) is 0 Å². The Morgan fingerprint density at radius 1 is 1.19 bits per heavy atom. The number of azide groups is 1. The van der Waals surface area contributed by atoms with Crippen molar-refractivity contribution in [2.24, 2.45) is 11.0 Å². The second kappa shape index (κ2) is 13.0. The lowest BCUT2D eigenvalue weighted by Crippen LogP contribution is -2.52. The molecular weight excluding hydrogens is 558 g/mol. The second-order valence-corrected chi connectivity index (χ2v) is 18.2. The molecule has 0 bridgehead atoms. The predicted octanol–water partition coefficient (Wildman–Crippen LogP) is 5.78. The van der Waals surface area contributed by atoms with Gasteiger partial charge in [-0.1, -0.05) is 56.2 Å². The van der Waals surface area contributed by atoms with Gasteiger partial charge >= 0.3 is 12.2 Å². The first-order valence-electron chi connectivity index (χ1n) is 14.4. The molecule has 1 N–H and O–H groups in total. The van der Waals surface area contributed by atoms with Gasteiger partial charge in [-0.05, 0) is 62.8 Å². The average Bonchev–Trinajstić information content (AvgIpc) is 3.48. The van der Waals surface area contributed by atoms with Crippen molar-refractivity contribution < 1.29 is 33.4 Å². The quantitative estimate of drug-likeness (QED) is 0.162. The fourth-order valence-electron chi connectivity index (χ4n) is 5.07. The van der Waals surface area contributed by atoms with Gasteiger partial charge in [0.25, 0.3) is 0 Å². The first-order valence-corrected chi connectivity index (χ1v) is 17.3. The lowest BCUT2D eigenvalue weighted by molar-refractivity contribution is -0.139. The van der Waals surface area contributed by atoms with Crippen LogP contribution < -0.4 is 0 Å². The number of ether oxygens (including phenoxy) is 2. The fourth-order valence-corrected chi connectivity index (χ4v) is 6.43. The summed E-state index contributed by atoms with van der Waals surface area (Å²) in [6.07, 6.45) is -3.01. The summed E-state index contributed by atoms with van der Waals surface area (Å²) in [5, 5.41) is 15.3. The van der Waals surface area contributed by atoms with Crippen LogP contribution in [0.5, 0.6) is 0 Å². The Morgan fingerprint density at radius 2 is 1.83 bits per heavy atom. The Kier molecular flexibility index (Phi) is 10.4. The standard InChI is InChI=1S/C29H45N5O7Si/c1-28(2,3)40-26(37)33-17-20(41-42(7,8)29(4,5)6)16-22(33)24(35)21(14-15-31-32-30)25(36)34-23(18-39-27(34)38)19-12-10-9-11-13-19/h9-13,20-24,35H,14-18H2,1-8H3/t20-,21+,22+,23+,24-/m1/s1. The minimum atomic E-state index is -2.25. The third kappa shape index (κ3) is 7.83. The number of hydrogen-bond donors (Lipinski definition) is 1. The summed E-state index contributed by atoms with van der Waals surface area (Å²) >= 11 is 0. The first-order chi connectivity index (χ1) is 19.5. The van der Waals surface area contributed by atoms with Gasteiger partial charge in [-0.2, -0.15) is 0 Å². The van der Waals surface area contributed by atoms with Crippen LogP contribution in [0.4, 0.5) is 9.59 Å². The maximum Gasteiger partial charge on any atom is 0.417 e. The monoisotopic (exact) mass is 603 g/mol. The summed E-state index contributed by atoms with van der Waals surface area (Å²) in [7, 11) is -2.25. The molecule has 2 heterocycles. The van der Waals surface area contributed by atoms with Crippen LogP contribution in [0.25, 0.3) is 10.4 Å². The number of likely N-dealkylation sites (tertiary alicyclic amines) is 1. The van der Waals surface area contributed by atoms with E-state index in [2.05, 4.69) is 43.9 Å². The van der Waals surface area contributed by atoms with Gasteiger partial charge in [-0.15, -0.1) is 0 Å². The molecule has 0 aliphatic carbocycles. The van der Waals surface area contributed by atoms with Crippen molar-refractivity contribution in [3.05, 3.63) is 46.3 Å². The number of aliphatic hydroxyl groups excluding tert-OH is 1. The van der Waals surface area contributed by atoms with Gasteiger partial charge < -0.3 is 19.0 Å². The molecule has 0 unspecified atom stereocenters. The molecule has 2 saturated heterocycles. The Morgan fingerprint density at radius 3 is 2.40 bits per heavy atom. The normalized spacial score (nSPS) is 22.8. The molecule has 0 radical (unpaired) electrons. The van der Waals surface area contributed by atoms with E-state index in [1.165, 1.54) is 4.90 Å². The van der Waals surface area contributed by atoms with Gasteiger partial charge in [0.1, 0.15) is 18.2 Å². The number of imide groups is 1. The fraction of sp³-hybridized carbons (Fsp3) is 0.690. The topological polar surface area (TPSA) is 154 Å². The van der Waals surface area contributed by atoms with Crippen LogP contribution in [0.2, 0.25) is 18.1 Å². The summed E-state index contributed by atoms with van der Waals surface area (Å²) in [5.74, 6) is -1.83. The van der Waals surface area contributed by atoms with Crippen LogP contribution in [-0.2, 0) is 18.7 Å². The highest BCUT2D eigenvalue weighted by atomic mass is 28.4. The van der Waals surface area contributed by atoms with Crippen LogP contribution in [0.3, 0.4) is 0 Å². The SMILES string of the molecule is CC(C)(C)OC(=O)N1C[C@H](O[Si](C)(C)C(C)(C)C)C[C@H]1[C@H](O)[C@H](CCN=[N+]=[N-])C(=O)N1C(=O)OC[C@H]1c1ccccc1. The molecule has 232 valence electrons. The Hall–Kier alpha value is -3.12. The number of rotatable bonds is 9. The first kappa shape index (κ1) is 33.4. The van der Waals surface area contributed by atoms with Crippen molar-refractivity contribution in [2.75, 3.05) is 19.7 Å². The zero-order valence-corrected chi connectivity index (χ0v) is 26.9. The van der Waals surface area contributed by atoms with Crippen molar-refractivity contribution >= 4 is 26.4 Å². The van der Waals surface area contributed by atoms with E-state index in [1.54, 1.807) is 45.0 Å². The van der Waals surface area contributed by atoms with E-state index in [0.717, 1.165) is 4.90 Å². The Balaban J connectivity index is 1.96. The van der Waals surface area contributed by atoms with Crippen molar-refractivity contribution in [2.45, 2.75) is 102 Å². The molecule has 0 aromatic heterocycles. The predicted molar refractivity (Wildman–Crippen MR) is 159 cm³/mol. The number of carbonyl (C=O) groups excluding carboxylic acids is 3. The number of carbonyl (C=O) groups is 3. The van der Waals surface area contributed by atoms with E-state index >= 15 is 0 Å². The molecule has 0 saturated carbocycles. The van der Waals surface area contributed by atoms with E-state index in [1.807, 2.05) is 6.07 Å². The smallest absolute Gasteiger partial charge is 0.417 e. The molecule has 13 heteroatoms. The number of nitrogens with zero attached hydrogens (tertiary/aromatic N) is 5. The molecule has 1 aromatic carbocycles. The summed E-state index contributed by atoms with van der Waals surface area (Å²) in [4.78, 5) is 45.5. The number of aliphatic hydroxyl groups is 1. The summed E-state index contributed by atoms with van der Waals surface area (Å²) in [6.45, 7) is 15.9. The molecule has 2 aliphatic rings. The van der Waals surface area contributed by atoms with Crippen LogP contribution in [0.15, 0.2) is 35.4 Å². The summed E-state index contributed by atoms with van der Waals surface area (Å²) in [5.41, 5.74) is 8.81. The van der Waals surface area contributed by atoms with E-state index < -0.39 is 56.1 Å². The van der Waals surface area contributed by atoms with Crippen LogP contribution in [0.1, 0.15) is 66.0 Å². The van der Waals surface area contributed by atoms with Crippen LogP contribution in [0, 0.1) is 5.92 Å². The third-order valence-corrected chi connectivity index (χ3v) is 12.8. The summed E-state index contributed by atoms with van der Waals surface area (Å²) in [6, 6.07) is 7.49. The minimum absolute atomic E-state index is 0.0242.